The fourth-order valence-corrected chi connectivity index (χ4v) is 3.91. The molecule has 34 heavy (non-hydrogen) atoms. The van der Waals surface area contributed by atoms with Crippen LogP contribution in [0.1, 0.15) is 11.1 Å². The SMILES string of the molecule is Cn1c(SCC(=O)N/N=C/c2ccccc2OCc2ccc(Cl)cc2)nnc1-c1ccccc1. The molecule has 0 aliphatic rings. The number of nitrogens with one attached hydrogen (secondary N) is 1. The second kappa shape index (κ2) is 11.5. The van der Waals surface area contributed by atoms with Crippen LogP contribution in [0.2, 0.25) is 5.02 Å². The van der Waals surface area contributed by atoms with E-state index < -0.39 is 0 Å². The zero-order chi connectivity index (χ0) is 23.8. The maximum absolute atomic E-state index is 12.3. The maximum Gasteiger partial charge on any atom is 0.250 e. The zero-order valence-electron chi connectivity index (χ0n) is 18.4. The lowest BCUT2D eigenvalue weighted by Crippen LogP contribution is -2.20. The van der Waals surface area contributed by atoms with Crippen molar-refractivity contribution in [3.63, 3.8) is 0 Å². The smallest absolute Gasteiger partial charge is 0.250 e. The Balaban J connectivity index is 1.30. The number of benzene rings is 3. The van der Waals surface area contributed by atoms with Crippen LogP contribution in [-0.2, 0) is 18.4 Å². The van der Waals surface area contributed by atoms with Crippen molar-refractivity contribution in [2.45, 2.75) is 11.8 Å². The molecule has 1 aromatic heterocycles. The van der Waals surface area contributed by atoms with Crippen LogP contribution in [0.3, 0.4) is 0 Å². The van der Waals surface area contributed by atoms with Gasteiger partial charge in [-0.15, -0.1) is 10.2 Å². The third-order valence-corrected chi connectivity index (χ3v) is 6.09. The summed E-state index contributed by atoms with van der Waals surface area (Å²) in [4.78, 5) is 12.3. The fraction of sp³-hybridized carbons (Fsp3) is 0.120. The summed E-state index contributed by atoms with van der Waals surface area (Å²) in [5.74, 6) is 1.33. The number of thioether (sulfide) groups is 1. The number of carbonyl (C=O) groups excluding carboxylic acids is 1. The van der Waals surface area contributed by atoms with Crippen LogP contribution in [0, 0.1) is 0 Å². The van der Waals surface area contributed by atoms with Gasteiger partial charge in [0, 0.05) is 23.2 Å². The molecule has 7 nitrogen and oxygen atoms in total. The molecule has 0 fully saturated rings. The van der Waals surface area contributed by atoms with Gasteiger partial charge in [0.2, 0.25) is 0 Å². The Hall–Kier alpha value is -3.62. The third kappa shape index (κ3) is 6.24. The normalized spacial score (nSPS) is 11.0. The van der Waals surface area contributed by atoms with E-state index in [4.69, 9.17) is 16.3 Å². The van der Waals surface area contributed by atoms with Crippen molar-refractivity contribution in [3.05, 3.63) is 95.0 Å². The highest BCUT2D eigenvalue weighted by molar-refractivity contribution is 7.99. The lowest BCUT2D eigenvalue weighted by atomic mass is 10.2. The number of hydrogen-bond donors (Lipinski definition) is 1. The van der Waals surface area contributed by atoms with Crippen LogP contribution in [0.4, 0.5) is 0 Å². The summed E-state index contributed by atoms with van der Waals surface area (Å²) in [6.07, 6.45) is 1.57. The summed E-state index contributed by atoms with van der Waals surface area (Å²) in [6.45, 7) is 0.397. The molecule has 172 valence electrons. The molecule has 0 bridgehead atoms. The summed E-state index contributed by atoms with van der Waals surface area (Å²) in [6, 6.07) is 24.7. The van der Waals surface area contributed by atoms with Crippen LogP contribution in [0.25, 0.3) is 11.4 Å². The minimum atomic E-state index is -0.245. The quantitative estimate of drug-likeness (QED) is 0.203. The Morgan fingerprint density at radius 2 is 1.79 bits per heavy atom. The van der Waals surface area contributed by atoms with Crippen molar-refractivity contribution in [1.82, 2.24) is 20.2 Å². The van der Waals surface area contributed by atoms with E-state index >= 15 is 0 Å². The molecule has 0 spiro atoms. The molecule has 4 rings (SSSR count). The van der Waals surface area contributed by atoms with Crippen molar-refractivity contribution in [2.24, 2.45) is 12.1 Å². The first-order valence-corrected chi connectivity index (χ1v) is 11.8. The lowest BCUT2D eigenvalue weighted by Gasteiger charge is -2.09. The monoisotopic (exact) mass is 491 g/mol. The summed E-state index contributed by atoms with van der Waals surface area (Å²) >= 11 is 7.22. The van der Waals surface area contributed by atoms with Crippen LogP contribution < -0.4 is 10.2 Å². The Bertz CT molecular complexity index is 1280. The van der Waals surface area contributed by atoms with Crippen molar-refractivity contribution < 1.29 is 9.53 Å². The largest absolute Gasteiger partial charge is 0.488 e. The third-order valence-electron chi connectivity index (χ3n) is 4.82. The minimum absolute atomic E-state index is 0.160. The van der Waals surface area contributed by atoms with Gasteiger partial charge < -0.3 is 9.30 Å². The first-order chi connectivity index (χ1) is 16.6. The molecule has 1 N–H and O–H groups in total. The molecular weight excluding hydrogens is 470 g/mol. The van der Waals surface area contributed by atoms with E-state index in [1.54, 1.807) is 6.21 Å². The van der Waals surface area contributed by atoms with Gasteiger partial charge in [-0.3, -0.25) is 4.79 Å². The average Bonchev–Trinajstić information content (AvgIpc) is 3.24. The standard InChI is InChI=1S/C25H22ClN5O2S/c1-31-24(19-7-3-2-4-8-19)29-30-25(31)34-17-23(32)28-27-15-20-9-5-6-10-22(20)33-16-18-11-13-21(26)14-12-18/h2-15H,16-17H2,1H3,(H,28,32)/b27-15+. The van der Waals surface area contributed by atoms with Crippen LogP contribution >= 0.6 is 23.4 Å². The number of rotatable bonds is 9. The van der Waals surface area contributed by atoms with Gasteiger partial charge in [0.15, 0.2) is 11.0 Å². The predicted octanol–water partition coefficient (Wildman–Crippen LogP) is 4.96. The highest BCUT2D eigenvalue weighted by atomic mass is 35.5. The molecule has 0 radical (unpaired) electrons. The van der Waals surface area contributed by atoms with E-state index in [1.807, 2.05) is 90.5 Å². The van der Waals surface area contributed by atoms with Gasteiger partial charge in [0.1, 0.15) is 12.4 Å². The van der Waals surface area contributed by atoms with Gasteiger partial charge in [0.05, 0.1) is 12.0 Å². The number of hydrazone groups is 1. The van der Waals surface area contributed by atoms with Gasteiger partial charge in [-0.1, -0.05) is 78.0 Å². The average molecular weight is 492 g/mol. The van der Waals surface area contributed by atoms with Crippen molar-refractivity contribution in [2.75, 3.05) is 5.75 Å². The van der Waals surface area contributed by atoms with Crippen molar-refractivity contribution in [1.29, 1.82) is 0 Å². The Morgan fingerprint density at radius 1 is 1.06 bits per heavy atom. The molecule has 0 aliphatic carbocycles. The number of nitrogens with zero attached hydrogens (tertiary/aromatic N) is 4. The number of ether oxygens (including phenoxy) is 1. The van der Waals surface area contributed by atoms with Crippen molar-refractivity contribution in [3.8, 4) is 17.1 Å². The van der Waals surface area contributed by atoms with E-state index in [2.05, 4.69) is 20.7 Å². The molecule has 0 atom stereocenters. The number of halogens is 1. The summed E-state index contributed by atoms with van der Waals surface area (Å²) in [5.41, 5.74) is 5.27. The second-order valence-corrected chi connectivity index (χ2v) is 8.64. The zero-order valence-corrected chi connectivity index (χ0v) is 20.0. The Kier molecular flexibility index (Phi) is 7.95. The molecule has 3 aromatic carbocycles. The number of para-hydroxylation sites is 1. The van der Waals surface area contributed by atoms with Gasteiger partial charge in [-0.05, 0) is 29.8 Å². The number of aromatic nitrogens is 3. The number of amides is 1. The van der Waals surface area contributed by atoms with E-state index in [1.165, 1.54) is 11.8 Å². The van der Waals surface area contributed by atoms with E-state index in [-0.39, 0.29) is 11.7 Å². The molecule has 0 unspecified atom stereocenters. The molecular formula is C25H22ClN5O2S. The first kappa shape index (κ1) is 23.5. The van der Waals surface area contributed by atoms with Crippen molar-refractivity contribution >= 4 is 35.5 Å². The van der Waals surface area contributed by atoms with Crippen LogP contribution in [-0.4, -0.2) is 32.6 Å². The Labute approximate surface area is 206 Å². The number of hydrogen-bond acceptors (Lipinski definition) is 6. The lowest BCUT2D eigenvalue weighted by molar-refractivity contribution is -0.118. The van der Waals surface area contributed by atoms with Crippen LogP contribution in [0.15, 0.2) is 89.1 Å². The van der Waals surface area contributed by atoms with Crippen LogP contribution in [0.5, 0.6) is 5.75 Å². The molecule has 0 saturated heterocycles. The topological polar surface area (TPSA) is 81.4 Å². The van der Waals surface area contributed by atoms with Gasteiger partial charge >= 0.3 is 0 Å². The highest BCUT2D eigenvalue weighted by Gasteiger charge is 2.12. The fourth-order valence-electron chi connectivity index (χ4n) is 3.08. The Morgan fingerprint density at radius 3 is 2.59 bits per heavy atom. The number of carbonyl (C=O) groups is 1. The van der Waals surface area contributed by atoms with Gasteiger partial charge in [0.25, 0.3) is 5.91 Å². The maximum atomic E-state index is 12.3. The molecule has 4 aromatic rings. The van der Waals surface area contributed by atoms with E-state index in [9.17, 15) is 4.79 Å². The molecule has 0 aliphatic heterocycles. The van der Waals surface area contributed by atoms with E-state index in [0.717, 1.165) is 22.5 Å². The molecule has 1 amide bonds. The molecule has 0 saturated carbocycles. The second-order valence-electron chi connectivity index (χ2n) is 7.27. The first-order valence-electron chi connectivity index (χ1n) is 10.5. The van der Waals surface area contributed by atoms with E-state index in [0.29, 0.717) is 22.5 Å². The van der Waals surface area contributed by atoms with Gasteiger partial charge in [-0.2, -0.15) is 5.10 Å². The summed E-state index contributed by atoms with van der Waals surface area (Å²) < 4.78 is 7.77. The predicted molar refractivity (Wildman–Crippen MR) is 135 cm³/mol. The molecule has 1 heterocycles. The summed E-state index contributed by atoms with van der Waals surface area (Å²) in [7, 11) is 1.88. The van der Waals surface area contributed by atoms with Gasteiger partial charge in [-0.25, -0.2) is 5.43 Å². The highest BCUT2D eigenvalue weighted by Crippen LogP contribution is 2.22. The minimum Gasteiger partial charge on any atom is -0.488 e. The molecule has 9 heteroatoms. The summed E-state index contributed by atoms with van der Waals surface area (Å²) in [5, 5.41) is 13.8.